The Hall–Kier alpha value is -1.65. The van der Waals surface area contributed by atoms with Crippen molar-refractivity contribution in [2.24, 2.45) is 5.73 Å². The molecule has 19 heavy (non-hydrogen) atoms. The second kappa shape index (κ2) is 5.55. The first-order chi connectivity index (χ1) is 9.02. The summed E-state index contributed by atoms with van der Waals surface area (Å²) in [6.45, 7) is 0.572. The number of benzene rings is 2. The van der Waals surface area contributed by atoms with Crippen molar-refractivity contribution in [3.05, 3.63) is 54.1 Å². The molecule has 0 aromatic heterocycles. The van der Waals surface area contributed by atoms with Gasteiger partial charge in [0.1, 0.15) is 0 Å². The van der Waals surface area contributed by atoms with E-state index in [-0.39, 0.29) is 0 Å². The minimum absolute atomic E-state index is 0.340. The lowest BCUT2D eigenvalue weighted by atomic mass is 9.98. The quantitative estimate of drug-likeness (QED) is 0.931. The van der Waals surface area contributed by atoms with Crippen LogP contribution in [0.4, 0.5) is 0 Å². The van der Waals surface area contributed by atoms with E-state index in [1.807, 2.05) is 30.3 Å². The van der Waals surface area contributed by atoms with Crippen molar-refractivity contribution in [1.82, 2.24) is 0 Å². The van der Waals surface area contributed by atoms with Crippen LogP contribution in [0.25, 0.3) is 11.1 Å². The third kappa shape index (κ3) is 3.22. The highest BCUT2D eigenvalue weighted by Gasteiger charge is 2.10. The van der Waals surface area contributed by atoms with E-state index in [4.69, 9.17) is 5.73 Å². The number of rotatable bonds is 4. The molecule has 0 spiro atoms. The fourth-order valence-corrected chi connectivity index (χ4v) is 2.74. The summed E-state index contributed by atoms with van der Waals surface area (Å²) in [5.74, 6) is 0. The zero-order valence-electron chi connectivity index (χ0n) is 10.8. The molecule has 100 valence electrons. The highest BCUT2D eigenvalue weighted by molar-refractivity contribution is 7.90. The summed E-state index contributed by atoms with van der Waals surface area (Å²) in [5.41, 5.74) is 8.70. The molecule has 0 aliphatic rings. The maximum Gasteiger partial charge on any atom is 0.175 e. The molecule has 0 saturated heterocycles. The van der Waals surface area contributed by atoms with Crippen LogP contribution in [0.5, 0.6) is 0 Å². The molecule has 2 N–H and O–H groups in total. The SMILES string of the molecule is CS(=O)(=O)c1cccc(-c2ccccc2CCN)c1. The fourth-order valence-electron chi connectivity index (χ4n) is 2.07. The van der Waals surface area contributed by atoms with Crippen LogP contribution in [0.1, 0.15) is 5.56 Å². The van der Waals surface area contributed by atoms with Crippen LogP contribution in [0, 0.1) is 0 Å². The maximum absolute atomic E-state index is 11.6. The minimum Gasteiger partial charge on any atom is -0.330 e. The van der Waals surface area contributed by atoms with E-state index in [0.717, 1.165) is 23.1 Å². The second-order valence-corrected chi connectivity index (χ2v) is 6.51. The van der Waals surface area contributed by atoms with Crippen molar-refractivity contribution >= 4 is 9.84 Å². The zero-order valence-corrected chi connectivity index (χ0v) is 11.7. The molecule has 0 heterocycles. The van der Waals surface area contributed by atoms with Crippen LogP contribution in [0.2, 0.25) is 0 Å². The molecule has 0 fully saturated rings. The largest absolute Gasteiger partial charge is 0.330 e. The van der Waals surface area contributed by atoms with Crippen LogP contribution < -0.4 is 5.73 Å². The van der Waals surface area contributed by atoms with Crippen LogP contribution >= 0.6 is 0 Å². The standard InChI is InChI=1S/C15H17NO2S/c1-19(17,18)14-7-4-6-13(11-14)15-8-3-2-5-12(15)9-10-16/h2-8,11H,9-10,16H2,1H3. The highest BCUT2D eigenvalue weighted by Crippen LogP contribution is 2.26. The van der Waals surface area contributed by atoms with Gasteiger partial charge in [0.25, 0.3) is 0 Å². The number of hydrogen-bond acceptors (Lipinski definition) is 3. The van der Waals surface area contributed by atoms with Gasteiger partial charge >= 0.3 is 0 Å². The van der Waals surface area contributed by atoms with Crippen LogP contribution in [-0.2, 0) is 16.3 Å². The average molecular weight is 275 g/mol. The molecular formula is C15H17NO2S. The molecule has 2 rings (SSSR count). The predicted molar refractivity (Wildman–Crippen MR) is 77.7 cm³/mol. The monoisotopic (exact) mass is 275 g/mol. The van der Waals surface area contributed by atoms with Gasteiger partial charge in [0, 0.05) is 6.26 Å². The molecule has 0 saturated carbocycles. The predicted octanol–water partition coefficient (Wildman–Crippen LogP) is 2.26. The fraction of sp³-hybridized carbons (Fsp3) is 0.200. The summed E-state index contributed by atoms with van der Waals surface area (Å²) in [6.07, 6.45) is 2.00. The molecule has 2 aromatic rings. The lowest BCUT2D eigenvalue weighted by Gasteiger charge is -2.10. The molecule has 0 aliphatic heterocycles. The van der Waals surface area contributed by atoms with E-state index in [9.17, 15) is 8.42 Å². The van der Waals surface area contributed by atoms with Crippen molar-refractivity contribution in [1.29, 1.82) is 0 Å². The summed E-state index contributed by atoms with van der Waals surface area (Å²) >= 11 is 0. The number of nitrogens with two attached hydrogens (primary N) is 1. The van der Waals surface area contributed by atoms with Gasteiger partial charge in [-0.1, -0.05) is 36.4 Å². The summed E-state index contributed by atoms with van der Waals surface area (Å²) in [4.78, 5) is 0.340. The molecule has 0 aliphatic carbocycles. The maximum atomic E-state index is 11.6. The molecule has 0 bridgehead atoms. The third-order valence-corrected chi connectivity index (χ3v) is 4.11. The first kappa shape index (κ1) is 13.8. The van der Waals surface area contributed by atoms with Gasteiger partial charge in [0.05, 0.1) is 4.90 Å². The van der Waals surface area contributed by atoms with Gasteiger partial charge in [-0.05, 0) is 41.8 Å². The Morgan fingerprint density at radius 1 is 1.05 bits per heavy atom. The molecule has 0 radical (unpaired) electrons. The van der Waals surface area contributed by atoms with Gasteiger partial charge in [-0.15, -0.1) is 0 Å². The number of sulfone groups is 1. The number of hydrogen-bond donors (Lipinski definition) is 1. The highest BCUT2D eigenvalue weighted by atomic mass is 32.2. The summed E-state index contributed by atoms with van der Waals surface area (Å²) in [7, 11) is -3.18. The van der Waals surface area contributed by atoms with Crippen molar-refractivity contribution < 1.29 is 8.42 Å². The van der Waals surface area contributed by atoms with Crippen LogP contribution in [-0.4, -0.2) is 21.2 Å². The van der Waals surface area contributed by atoms with E-state index in [1.54, 1.807) is 18.2 Å². The topological polar surface area (TPSA) is 60.2 Å². The van der Waals surface area contributed by atoms with Crippen molar-refractivity contribution in [3.63, 3.8) is 0 Å². The molecule has 0 unspecified atom stereocenters. The lowest BCUT2D eigenvalue weighted by molar-refractivity contribution is 0.602. The first-order valence-corrected chi connectivity index (χ1v) is 8.00. The Morgan fingerprint density at radius 3 is 2.47 bits per heavy atom. The van der Waals surface area contributed by atoms with E-state index in [1.165, 1.54) is 6.26 Å². The molecule has 3 nitrogen and oxygen atoms in total. The minimum atomic E-state index is -3.18. The Labute approximate surface area is 114 Å². The summed E-state index contributed by atoms with van der Waals surface area (Å²) in [5, 5.41) is 0. The Balaban J connectivity index is 2.54. The third-order valence-electron chi connectivity index (χ3n) is 3.00. The Bertz CT molecular complexity index is 678. The van der Waals surface area contributed by atoms with Crippen molar-refractivity contribution in [2.75, 3.05) is 12.8 Å². The van der Waals surface area contributed by atoms with E-state index in [0.29, 0.717) is 11.4 Å². The van der Waals surface area contributed by atoms with Gasteiger partial charge in [0.15, 0.2) is 9.84 Å². The Kier molecular flexibility index (Phi) is 4.02. The molecule has 0 atom stereocenters. The van der Waals surface area contributed by atoms with Gasteiger partial charge in [-0.3, -0.25) is 0 Å². The van der Waals surface area contributed by atoms with E-state index in [2.05, 4.69) is 0 Å². The summed E-state index contributed by atoms with van der Waals surface area (Å²) in [6, 6.07) is 14.9. The van der Waals surface area contributed by atoms with E-state index < -0.39 is 9.84 Å². The molecule has 4 heteroatoms. The van der Waals surface area contributed by atoms with Crippen LogP contribution in [0.15, 0.2) is 53.4 Å². The average Bonchev–Trinajstić information content (AvgIpc) is 2.39. The molecule has 0 amide bonds. The van der Waals surface area contributed by atoms with Gasteiger partial charge in [0.2, 0.25) is 0 Å². The Morgan fingerprint density at radius 2 is 1.79 bits per heavy atom. The van der Waals surface area contributed by atoms with Crippen molar-refractivity contribution in [2.45, 2.75) is 11.3 Å². The summed E-state index contributed by atoms with van der Waals surface area (Å²) < 4.78 is 23.2. The lowest BCUT2D eigenvalue weighted by Crippen LogP contribution is -2.04. The normalized spacial score (nSPS) is 11.5. The molecular weight excluding hydrogens is 258 g/mol. The van der Waals surface area contributed by atoms with Crippen molar-refractivity contribution in [3.8, 4) is 11.1 Å². The smallest absolute Gasteiger partial charge is 0.175 e. The van der Waals surface area contributed by atoms with Gasteiger partial charge < -0.3 is 5.73 Å². The van der Waals surface area contributed by atoms with Crippen LogP contribution in [0.3, 0.4) is 0 Å². The van der Waals surface area contributed by atoms with E-state index >= 15 is 0 Å². The second-order valence-electron chi connectivity index (χ2n) is 4.50. The van der Waals surface area contributed by atoms with Gasteiger partial charge in [-0.2, -0.15) is 0 Å². The first-order valence-electron chi connectivity index (χ1n) is 6.11. The molecule has 2 aromatic carbocycles. The van der Waals surface area contributed by atoms with Gasteiger partial charge in [-0.25, -0.2) is 8.42 Å². The zero-order chi connectivity index (χ0) is 13.9.